The Morgan fingerprint density at radius 3 is 2.43 bits per heavy atom. The van der Waals surface area contributed by atoms with Crippen molar-refractivity contribution in [3.05, 3.63) is 17.1 Å². The zero-order valence-electron chi connectivity index (χ0n) is 8.38. The molecular formula is C9H13ClN4. The number of aromatic amines is 1. The van der Waals surface area contributed by atoms with Gasteiger partial charge in [-0.2, -0.15) is 0 Å². The highest BCUT2D eigenvalue weighted by molar-refractivity contribution is 5.87. The Labute approximate surface area is 88.3 Å². The molecule has 5 heteroatoms. The van der Waals surface area contributed by atoms with Crippen molar-refractivity contribution in [2.75, 3.05) is 5.73 Å². The van der Waals surface area contributed by atoms with Gasteiger partial charge in [0, 0.05) is 5.69 Å². The topological polar surface area (TPSA) is 67.6 Å². The van der Waals surface area contributed by atoms with Crippen molar-refractivity contribution in [1.29, 1.82) is 0 Å². The number of nitrogens with two attached hydrogens (primary N) is 1. The van der Waals surface area contributed by atoms with Crippen LogP contribution in [0.25, 0.3) is 11.0 Å². The Morgan fingerprint density at radius 1 is 1.14 bits per heavy atom. The number of H-pyrrole nitrogens is 1. The van der Waals surface area contributed by atoms with Crippen molar-refractivity contribution in [3.8, 4) is 0 Å². The number of anilines is 1. The third-order valence-electron chi connectivity index (χ3n) is 2.26. The van der Waals surface area contributed by atoms with E-state index in [9.17, 15) is 0 Å². The number of aryl methyl sites for hydroxylation is 3. The van der Waals surface area contributed by atoms with Gasteiger partial charge in [0.1, 0.15) is 17.2 Å². The number of hydrogen-bond acceptors (Lipinski definition) is 3. The molecule has 2 rings (SSSR count). The SMILES string of the molecule is Cc1nc2c(C)c(C)nc(N)c2[nH]1.Cl. The second kappa shape index (κ2) is 3.46. The summed E-state index contributed by atoms with van der Waals surface area (Å²) in [4.78, 5) is 11.7. The van der Waals surface area contributed by atoms with Crippen LogP contribution in [0.5, 0.6) is 0 Å². The molecule has 2 aromatic heterocycles. The van der Waals surface area contributed by atoms with Gasteiger partial charge < -0.3 is 10.7 Å². The van der Waals surface area contributed by atoms with E-state index in [1.807, 2.05) is 20.8 Å². The Kier molecular flexibility index (Phi) is 2.66. The summed E-state index contributed by atoms with van der Waals surface area (Å²) in [6.45, 7) is 5.85. The van der Waals surface area contributed by atoms with Crippen LogP contribution in [0.3, 0.4) is 0 Å². The molecule has 0 unspecified atom stereocenters. The standard InChI is InChI=1S/C9H12N4.ClH/c1-4-5(2)11-9(10)8-7(4)12-6(3)13-8;/h1-3H3,(H2,10,11)(H,12,13);1H. The van der Waals surface area contributed by atoms with Gasteiger partial charge in [0.2, 0.25) is 0 Å². The van der Waals surface area contributed by atoms with E-state index in [4.69, 9.17) is 5.73 Å². The summed E-state index contributed by atoms with van der Waals surface area (Å²) >= 11 is 0. The molecule has 14 heavy (non-hydrogen) atoms. The average molecular weight is 213 g/mol. The first kappa shape index (κ1) is 10.8. The van der Waals surface area contributed by atoms with Gasteiger partial charge in [-0.1, -0.05) is 0 Å². The minimum Gasteiger partial charge on any atom is -0.382 e. The second-order valence-electron chi connectivity index (χ2n) is 3.25. The molecule has 0 aliphatic carbocycles. The number of aromatic nitrogens is 3. The smallest absolute Gasteiger partial charge is 0.149 e. The molecule has 0 aromatic carbocycles. The molecule has 3 N–H and O–H groups in total. The largest absolute Gasteiger partial charge is 0.382 e. The summed E-state index contributed by atoms with van der Waals surface area (Å²) in [6.07, 6.45) is 0. The maximum absolute atomic E-state index is 5.76. The lowest BCUT2D eigenvalue weighted by molar-refractivity contribution is 1.17. The van der Waals surface area contributed by atoms with Gasteiger partial charge in [-0.15, -0.1) is 12.4 Å². The summed E-state index contributed by atoms with van der Waals surface area (Å²) in [6, 6.07) is 0. The van der Waals surface area contributed by atoms with Gasteiger partial charge in [-0.05, 0) is 26.3 Å². The Bertz CT molecular complexity index is 475. The summed E-state index contributed by atoms with van der Waals surface area (Å²) in [7, 11) is 0. The van der Waals surface area contributed by atoms with Gasteiger partial charge in [-0.25, -0.2) is 9.97 Å². The van der Waals surface area contributed by atoms with Crippen LogP contribution < -0.4 is 5.73 Å². The molecule has 0 amide bonds. The van der Waals surface area contributed by atoms with Crippen molar-refractivity contribution in [2.45, 2.75) is 20.8 Å². The van der Waals surface area contributed by atoms with Crippen LogP contribution in [0.4, 0.5) is 5.82 Å². The quantitative estimate of drug-likeness (QED) is 0.701. The highest BCUT2D eigenvalue weighted by Crippen LogP contribution is 2.21. The van der Waals surface area contributed by atoms with Crippen molar-refractivity contribution in [2.24, 2.45) is 0 Å². The number of halogens is 1. The molecule has 0 saturated heterocycles. The predicted molar refractivity (Wildman–Crippen MR) is 59.8 cm³/mol. The fourth-order valence-corrected chi connectivity index (χ4v) is 1.44. The molecule has 0 saturated carbocycles. The van der Waals surface area contributed by atoms with Crippen LogP contribution >= 0.6 is 12.4 Å². The Morgan fingerprint density at radius 2 is 1.79 bits per heavy atom. The van der Waals surface area contributed by atoms with E-state index in [1.165, 1.54) is 0 Å². The number of imidazole rings is 1. The van der Waals surface area contributed by atoms with Gasteiger partial charge in [0.15, 0.2) is 0 Å². The summed E-state index contributed by atoms with van der Waals surface area (Å²) in [5.74, 6) is 1.40. The van der Waals surface area contributed by atoms with Crippen LogP contribution in [0.2, 0.25) is 0 Å². The number of hydrogen-bond donors (Lipinski definition) is 2. The minimum absolute atomic E-state index is 0. The van der Waals surface area contributed by atoms with Crippen molar-refractivity contribution >= 4 is 29.3 Å². The molecule has 0 aliphatic heterocycles. The number of pyridine rings is 1. The number of fused-ring (bicyclic) bond motifs is 1. The van der Waals surface area contributed by atoms with E-state index in [0.29, 0.717) is 5.82 Å². The lowest BCUT2D eigenvalue weighted by Crippen LogP contribution is -1.96. The second-order valence-corrected chi connectivity index (χ2v) is 3.25. The number of nitrogen functional groups attached to an aromatic ring is 1. The number of nitrogens with one attached hydrogen (secondary N) is 1. The highest BCUT2D eigenvalue weighted by atomic mass is 35.5. The van der Waals surface area contributed by atoms with Crippen LogP contribution in [-0.2, 0) is 0 Å². The van der Waals surface area contributed by atoms with E-state index in [2.05, 4.69) is 15.0 Å². The van der Waals surface area contributed by atoms with Crippen LogP contribution in [0, 0.1) is 20.8 Å². The van der Waals surface area contributed by atoms with Gasteiger partial charge in [0.05, 0.1) is 5.52 Å². The maximum atomic E-state index is 5.76. The van der Waals surface area contributed by atoms with Gasteiger partial charge in [-0.3, -0.25) is 0 Å². The fraction of sp³-hybridized carbons (Fsp3) is 0.333. The zero-order chi connectivity index (χ0) is 9.59. The molecule has 76 valence electrons. The Balaban J connectivity index is 0.000000980. The van der Waals surface area contributed by atoms with Gasteiger partial charge in [0.25, 0.3) is 0 Å². The molecule has 0 atom stereocenters. The van der Waals surface area contributed by atoms with E-state index in [1.54, 1.807) is 0 Å². The molecule has 0 radical (unpaired) electrons. The highest BCUT2D eigenvalue weighted by Gasteiger charge is 2.09. The van der Waals surface area contributed by atoms with E-state index in [-0.39, 0.29) is 12.4 Å². The number of nitrogens with zero attached hydrogens (tertiary/aromatic N) is 2. The summed E-state index contributed by atoms with van der Waals surface area (Å²) < 4.78 is 0. The maximum Gasteiger partial charge on any atom is 0.149 e. The monoisotopic (exact) mass is 212 g/mol. The van der Waals surface area contributed by atoms with E-state index in [0.717, 1.165) is 28.1 Å². The van der Waals surface area contributed by atoms with Crippen molar-refractivity contribution in [3.63, 3.8) is 0 Å². The average Bonchev–Trinajstić information content (AvgIpc) is 2.44. The molecular weight excluding hydrogens is 200 g/mol. The van der Waals surface area contributed by atoms with E-state index < -0.39 is 0 Å². The molecule has 0 fully saturated rings. The summed E-state index contributed by atoms with van der Waals surface area (Å²) in [5, 5.41) is 0. The predicted octanol–water partition coefficient (Wildman–Crippen LogP) is 1.89. The first-order valence-electron chi connectivity index (χ1n) is 4.18. The first-order valence-corrected chi connectivity index (χ1v) is 4.18. The number of rotatable bonds is 0. The van der Waals surface area contributed by atoms with Gasteiger partial charge >= 0.3 is 0 Å². The van der Waals surface area contributed by atoms with Crippen LogP contribution in [0.1, 0.15) is 17.1 Å². The Hall–Kier alpha value is -1.29. The van der Waals surface area contributed by atoms with E-state index >= 15 is 0 Å². The molecule has 4 nitrogen and oxygen atoms in total. The molecule has 2 heterocycles. The minimum atomic E-state index is 0. The first-order chi connectivity index (χ1) is 6.09. The van der Waals surface area contributed by atoms with Crippen molar-refractivity contribution in [1.82, 2.24) is 15.0 Å². The molecule has 2 aromatic rings. The van der Waals surface area contributed by atoms with Crippen LogP contribution in [-0.4, -0.2) is 15.0 Å². The molecule has 0 spiro atoms. The van der Waals surface area contributed by atoms with Crippen molar-refractivity contribution < 1.29 is 0 Å². The zero-order valence-corrected chi connectivity index (χ0v) is 9.20. The lowest BCUT2D eigenvalue weighted by atomic mass is 10.2. The molecule has 0 bridgehead atoms. The van der Waals surface area contributed by atoms with Crippen LogP contribution in [0.15, 0.2) is 0 Å². The molecule has 0 aliphatic rings. The lowest BCUT2D eigenvalue weighted by Gasteiger charge is -2.01. The normalized spacial score (nSPS) is 10.2. The third-order valence-corrected chi connectivity index (χ3v) is 2.26. The summed E-state index contributed by atoms with van der Waals surface area (Å²) in [5.41, 5.74) is 9.57. The fourth-order valence-electron chi connectivity index (χ4n) is 1.44. The third kappa shape index (κ3) is 1.42.